The van der Waals surface area contributed by atoms with Crippen LogP contribution in [0.1, 0.15) is 6.42 Å². The van der Waals surface area contributed by atoms with E-state index in [4.69, 9.17) is 4.42 Å². The maximum Gasteiger partial charge on any atom is 0.224 e. The number of amides is 1. The lowest BCUT2D eigenvalue weighted by Gasteiger charge is -2.20. The van der Waals surface area contributed by atoms with E-state index >= 15 is 0 Å². The van der Waals surface area contributed by atoms with Crippen molar-refractivity contribution in [2.75, 3.05) is 31.6 Å². The van der Waals surface area contributed by atoms with Crippen molar-refractivity contribution >= 4 is 33.8 Å². The highest BCUT2D eigenvalue weighted by atomic mass is 16.3. The Labute approximate surface area is 127 Å². The molecule has 22 heavy (non-hydrogen) atoms. The lowest BCUT2D eigenvalue weighted by Crippen LogP contribution is -2.30. The molecule has 1 amide bonds. The number of hydrogen-bond donors (Lipinski definition) is 0. The van der Waals surface area contributed by atoms with Crippen LogP contribution >= 0.6 is 0 Å². The molecule has 0 saturated carbocycles. The maximum absolute atomic E-state index is 11.8. The topological polar surface area (TPSA) is 62.5 Å². The van der Waals surface area contributed by atoms with E-state index < -0.39 is 0 Å². The lowest BCUT2D eigenvalue weighted by atomic mass is 10.2. The van der Waals surface area contributed by atoms with Gasteiger partial charge >= 0.3 is 0 Å². The summed E-state index contributed by atoms with van der Waals surface area (Å²) in [5, 5.41) is 0.990. The smallest absolute Gasteiger partial charge is 0.224 e. The second-order valence-corrected chi connectivity index (χ2v) is 5.53. The van der Waals surface area contributed by atoms with Crippen molar-refractivity contribution in [3.63, 3.8) is 0 Å². The number of fused-ring (bicyclic) bond motifs is 3. The monoisotopic (exact) mass is 296 g/mol. The van der Waals surface area contributed by atoms with E-state index in [1.807, 2.05) is 31.3 Å². The van der Waals surface area contributed by atoms with Gasteiger partial charge in [-0.25, -0.2) is 9.97 Å². The molecule has 1 aliphatic heterocycles. The third-order valence-corrected chi connectivity index (χ3v) is 4.17. The molecule has 6 heteroatoms. The molecular weight excluding hydrogens is 280 g/mol. The van der Waals surface area contributed by atoms with E-state index in [1.165, 1.54) is 0 Å². The van der Waals surface area contributed by atoms with Crippen LogP contribution in [0.4, 0.5) is 5.82 Å². The molecule has 0 spiro atoms. The average Bonchev–Trinajstić information content (AvgIpc) is 2.84. The Hall–Kier alpha value is -2.63. The Kier molecular flexibility index (Phi) is 2.96. The zero-order chi connectivity index (χ0) is 15.1. The van der Waals surface area contributed by atoms with Crippen LogP contribution in [0.3, 0.4) is 0 Å². The zero-order valence-corrected chi connectivity index (χ0v) is 12.3. The van der Waals surface area contributed by atoms with Crippen LogP contribution in [-0.4, -0.2) is 47.5 Å². The number of carbonyl (C=O) groups is 1. The van der Waals surface area contributed by atoms with Crippen molar-refractivity contribution in [1.82, 2.24) is 14.9 Å². The molecular formula is C16H16N4O2. The zero-order valence-electron chi connectivity index (χ0n) is 12.3. The quantitative estimate of drug-likeness (QED) is 0.687. The van der Waals surface area contributed by atoms with Crippen LogP contribution in [-0.2, 0) is 4.79 Å². The van der Waals surface area contributed by atoms with Gasteiger partial charge in [0.1, 0.15) is 17.4 Å². The standard InChI is InChI=1S/C16H16N4O2/c1-19-8-9-20(7-6-13(19)21)16-15-14(17-10-18-16)11-4-2-3-5-12(11)22-15/h2-5,10H,6-9H2,1H3. The van der Waals surface area contributed by atoms with Crippen molar-refractivity contribution in [2.24, 2.45) is 0 Å². The second kappa shape index (κ2) is 4.98. The second-order valence-electron chi connectivity index (χ2n) is 5.53. The fraction of sp³-hybridized carbons (Fsp3) is 0.312. The Bertz CT molecular complexity index is 858. The Morgan fingerprint density at radius 3 is 2.91 bits per heavy atom. The van der Waals surface area contributed by atoms with Gasteiger partial charge in [0.15, 0.2) is 11.4 Å². The number of para-hydroxylation sites is 1. The van der Waals surface area contributed by atoms with E-state index in [2.05, 4.69) is 14.9 Å². The summed E-state index contributed by atoms with van der Waals surface area (Å²) in [6, 6.07) is 7.84. The molecule has 0 radical (unpaired) electrons. The third kappa shape index (κ3) is 1.99. The van der Waals surface area contributed by atoms with Gasteiger partial charge in [0.25, 0.3) is 0 Å². The molecule has 0 unspecified atom stereocenters. The Morgan fingerprint density at radius 2 is 2.00 bits per heavy atom. The molecule has 3 heterocycles. The minimum atomic E-state index is 0.164. The molecule has 4 rings (SSSR count). The first-order valence-corrected chi connectivity index (χ1v) is 7.35. The highest BCUT2D eigenvalue weighted by molar-refractivity contribution is 6.05. The number of hydrogen-bond acceptors (Lipinski definition) is 5. The van der Waals surface area contributed by atoms with Gasteiger partial charge in [-0.2, -0.15) is 0 Å². The fourth-order valence-corrected chi connectivity index (χ4v) is 2.88. The van der Waals surface area contributed by atoms with Crippen LogP contribution in [0.15, 0.2) is 35.0 Å². The maximum atomic E-state index is 11.8. The molecule has 6 nitrogen and oxygen atoms in total. The van der Waals surface area contributed by atoms with E-state index in [0.29, 0.717) is 25.1 Å². The molecule has 0 aliphatic carbocycles. The molecule has 0 bridgehead atoms. The minimum Gasteiger partial charge on any atom is -0.450 e. The van der Waals surface area contributed by atoms with Gasteiger partial charge in [-0.05, 0) is 12.1 Å². The van der Waals surface area contributed by atoms with Crippen molar-refractivity contribution in [1.29, 1.82) is 0 Å². The normalized spacial score (nSPS) is 16.5. The minimum absolute atomic E-state index is 0.164. The predicted molar refractivity (Wildman–Crippen MR) is 83.8 cm³/mol. The SMILES string of the molecule is CN1CCN(c2ncnc3c2oc2ccccc23)CCC1=O. The number of carbonyl (C=O) groups excluding carboxylic acids is 1. The van der Waals surface area contributed by atoms with E-state index in [9.17, 15) is 4.79 Å². The number of likely N-dealkylation sites (N-methyl/N-ethyl adjacent to an activating group) is 1. The van der Waals surface area contributed by atoms with Crippen molar-refractivity contribution in [3.8, 4) is 0 Å². The van der Waals surface area contributed by atoms with Gasteiger partial charge in [-0.3, -0.25) is 4.79 Å². The Balaban J connectivity index is 1.83. The number of nitrogens with zero attached hydrogens (tertiary/aromatic N) is 4. The van der Waals surface area contributed by atoms with E-state index in [1.54, 1.807) is 11.2 Å². The molecule has 1 fully saturated rings. The summed E-state index contributed by atoms with van der Waals surface area (Å²) in [6.45, 7) is 2.07. The molecule has 2 aromatic heterocycles. The van der Waals surface area contributed by atoms with Crippen LogP contribution in [0.5, 0.6) is 0 Å². The van der Waals surface area contributed by atoms with Crippen LogP contribution in [0, 0.1) is 0 Å². The lowest BCUT2D eigenvalue weighted by molar-refractivity contribution is -0.129. The summed E-state index contributed by atoms with van der Waals surface area (Å²) in [5.41, 5.74) is 2.33. The number of rotatable bonds is 1. The van der Waals surface area contributed by atoms with Gasteiger partial charge in [-0.15, -0.1) is 0 Å². The molecule has 3 aromatic rings. The van der Waals surface area contributed by atoms with Gasteiger partial charge in [0, 0.05) is 38.5 Å². The first-order valence-electron chi connectivity index (χ1n) is 7.35. The molecule has 0 N–H and O–H groups in total. The number of anilines is 1. The van der Waals surface area contributed by atoms with Gasteiger partial charge in [-0.1, -0.05) is 12.1 Å². The summed E-state index contributed by atoms with van der Waals surface area (Å²) in [4.78, 5) is 24.5. The van der Waals surface area contributed by atoms with Crippen LogP contribution < -0.4 is 4.90 Å². The van der Waals surface area contributed by atoms with Crippen molar-refractivity contribution in [3.05, 3.63) is 30.6 Å². The van der Waals surface area contributed by atoms with E-state index in [-0.39, 0.29) is 5.91 Å². The first-order chi connectivity index (χ1) is 10.7. The Morgan fingerprint density at radius 1 is 1.14 bits per heavy atom. The molecule has 1 aliphatic rings. The van der Waals surface area contributed by atoms with Gasteiger partial charge in [0.05, 0.1) is 0 Å². The summed E-state index contributed by atoms with van der Waals surface area (Å²) >= 11 is 0. The van der Waals surface area contributed by atoms with Crippen LogP contribution in [0.25, 0.3) is 22.1 Å². The first kappa shape index (κ1) is 13.1. The van der Waals surface area contributed by atoms with Crippen LogP contribution in [0.2, 0.25) is 0 Å². The van der Waals surface area contributed by atoms with Gasteiger partial charge < -0.3 is 14.2 Å². The van der Waals surface area contributed by atoms with E-state index in [0.717, 1.165) is 28.8 Å². The fourth-order valence-electron chi connectivity index (χ4n) is 2.88. The summed E-state index contributed by atoms with van der Waals surface area (Å²) < 4.78 is 5.97. The van der Waals surface area contributed by atoms with Crippen molar-refractivity contribution < 1.29 is 9.21 Å². The molecule has 0 atom stereocenters. The summed E-state index contributed by atoms with van der Waals surface area (Å²) in [6.07, 6.45) is 2.05. The number of aromatic nitrogens is 2. The largest absolute Gasteiger partial charge is 0.450 e. The highest BCUT2D eigenvalue weighted by Gasteiger charge is 2.22. The molecule has 1 aromatic carbocycles. The van der Waals surface area contributed by atoms with Crippen molar-refractivity contribution in [2.45, 2.75) is 6.42 Å². The average molecular weight is 296 g/mol. The number of furan rings is 1. The third-order valence-electron chi connectivity index (χ3n) is 4.17. The summed E-state index contributed by atoms with van der Waals surface area (Å²) in [7, 11) is 1.84. The highest BCUT2D eigenvalue weighted by Crippen LogP contribution is 2.32. The predicted octanol–water partition coefficient (Wildman–Crippen LogP) is 2.04. The summed E-state index contributed by atoms with van der Waals surface area (Å²) in [5.74, 6) is 0.932. The molecule has 1 saturated heterocycles. The number of benzene rings is 1. The van der Waals surface area contributed by atoms with Gasteiger partial charge in [0.2, 0.25) is 5.91 Å². The molecule has 112 valence electrons.